The average molecular weight is 476 g/mol. The first-order valence-electron chi connectivity index (χ1n) is 11.2. The Morgan fingerprint density at radius 1 is 0.970 bits per heavy atom. The number of nitrogens with one attached hydrogen (secondary N) is 1. The highest BCUT2D eigenvalue weighted by molar-refractivity contribution is 7.89. The molecule has 0 saturated carbocycles. The highest BCUT2D eigenvalue weighted by Crippen LogP contribution is 2.27. The number of hydrogen-bond acceptors (Lipinski definition) is 5. The van der Waals surface area contributed by atoms with Crippen LogP contribution < -0.4 is 10.1 Å². The minimum Gasteiger partial charge on any atom is -0.497 e. The molecule has 182 valence electrons. The summed E-state index contributed by atoms with van der Waals surface area (Å²) in [6, 6.07) is 11.6. The van der Waals surface area contributed by atoms with E-state index in [4.69, 9.17) is 4.74 Å². The highest BCUT2D eigenvalue weighted by Gasteiger charge is 2.25. The number of nitrogens with zero attached hydrogens (tertiary/aromatic N) is 2. The quantitative estimate of drug-likeness (QED) is 0.510. The third-order valence-electron chi connectivity index (χ3n) is 5.58. The van der Waals surface area contributed by atoms with Gasteiger partial charge >= 0.3 is 0 Å². The van der Waals surface area contributed by atoms with Crippen molar-refractivity contribution in [2.45, 2.75) is 44.6 Å². The predicted molar refractivity (Wildman–Crippen MR) is 132 cm³/mol. The van der Waals surface area contributed by atoms with Crippen molar-refractivity contribution in [2.24, 2.45) is 0 Å². The van der Waals surface area contributed by atoms with E-state index in [1.807, 2.05) is 12.1 Å². The van der Waals surface area contributed by atoms with Crippen molar-refractivity contribution in [1.82, 2.24) is 14.5 Å². The largest absolute Gasteiger partial charge is 0.497 e. The van der Waals surface area contributed by atoms with Crippen LogP contribution in [0.2, 0.25) is 0 Å². The van der Waals surface area contributed by atoms with E-state index in [2.05, 4.69) is 36.4 Å². The monoisotopic (exact) mass is 475 g/mol. The van der Waals surface area contributed by atoms with E-state index in [9.17, 15) is 13.2 Å². The molecule has 8 heteroatoms. The van der Waals surface area contributed by atoms with Gasteiger partial charge in [-0.25, -0.2) is 12.7 Å². The summed E-state index contributed by atoms with van der Waals surface area (Å²) in [4.78, 5) is 14.8. The van der Waals surface area contributed by atoms with Gasteiger partial charge in [0.1, 0.15) is 5.75 Å². The number of aryl methyl sites for hydroxylation is 3. The number of methoxy groups -OCH3 is 1. The lowest BCUT2D eigenvalue weighted by atomic mass is 10.1. The molecular weight excluding hydrogens is 438 g/mol. The fraction of sp³-hybridized carbons (Fsp3) is 0.480. The second-order valence-electron chi connectivity index (χ2n) is 8.67. The van der Waals surface area contributed by atoms with Crippen LogP contribution in [0.3, 0.4) is 0 Å². The SMILES string of the molecule is COc1cc(C)c(S(=O)(=O)N(C)CCC(=O)NCc2ccc(CCCN(C)C)cc2)c(C)c1. The number of amides is 1. The lowest BCUT2D eigenvalue weighted by Gasteiger charge is -2.20. The third kappa shape index (κ3) is 7.84. The summed E-state index contributed by atoms with van der Waals surface area (Å²) in [6.07, 6.45) is 2.22. The van der Waals surface area contributed by atoms with E-state index in [0.29, 0.717) is 23.4 Å². The van der Waals surface area contributed by atoms with Crippen molar-refractivity contribution >= 4 is 15.9 Å². The molecule has 0 atom stereocenters. The van der Waals surface area contributed by atoms with Gasteiger partial charge < -0.3 is 15.0 Å². The maximum absolute atomic E-state index is 13.1. The summed E-state index contributed by atoms with van der Waals surface area (Å²) in [6.45, 7) is 5.07. The maximum atomic E-state index is 13.1. The average Bonchev–Trinajstić information content (AvgIpc) is 2.75. The summed E-state index contributed by atoms with van der Waals surface area (Å²) in [5.41, 5.74) is 3.54. The van der Waals surface area contributed by atoms with Crippen LogP contribution in [0.4, 0.5) is 0 Å². The molecule has 0 unspecified atom stereocenters. The number of sulfonamides is 1. The van der Waals surface area contributed by atoms with Crippen molar-refractivity contribution < 1.29 is 17.9 Å². The van der Waals surface area contributed by atoms with E-state index in [-0.39, 0.29) is 23.8 Å². The summed E-state index contributed by atoms with van der Waals surface area (Å²) < 4.78 is 32.6. The summed E-state index contributed by atoms with van der Waals surface area (Å²) in [5, 5.41) is 2.88. The molecule has 0 heterocycles. The van der Waals surface area contributed by atoms with Crippen molar-refractivity contribution in [2.75, 3.05) is 41.3 Å². The molecule has 0 bridgehead atoms. The minimum atomic E-state index is -3.71. The van der Waals surface area contributed by atoms with Crippen LogP contribution in [0, 0.1) is 13.8 Å². The van der Waals surface area contributed by atoms with Crippen LogP contribution in [-0.4, -0.2) is 64.9 Å². The fourth-order valence-electron chi connectivity index (χ4n) is 3.68. The van der Waals surface area contributed by atoms with Gasteiger partial charge in [-0.2, -0.15) is 0 Å². The van der Waals surface area contributed by atoms with Crippen molar-refractivity contribution in [3.05, 3.63) is 58.7 Å². The van der Waals surface area contributed by atoms with Crippen molar-refractivity contribution in [1.29, 1.82) is 0 Å². The highest BCUT2D eigenvalue weighted by atomic mass is 32.2. The Balaban J connectivity index is 1.87. The first-order chi connectivity index (χ1) is 15.5. The molecule has 0 aromatic heterocycles. The van der Waals surface area contributed by atoms with Gasteiger partial charge in [0.2, 0.25) is 15.9 Å². The summed E-state index contributed by atoms with van der Waals surface area (Å²) in [7, 11) is 3.48. The Morgan fingerprint density at radius 2 is 1.55 bits per heavy atom. The predicted octanol–water partition coefficient (Wildman–Crippen LogP) is 3.13. The second kappa shape index (κ2) is 12.2. The van der Waals surface area contributed by atoms with Gasteiger partial charge in [-0.05, 0) is 81.7 Å². The standard InChI is InChI=1S/C25H37N3O4S/c1-19-16-23(32-6)17-20(2)25(19)33(30,31)28(5)15-13-24(29)26-18-22-11-9-21(10-12-22)8-7-14-27(3)4/h9-12,16-17H,7-8,13-15,18H2,1-6H3,(H,26,29). The second-order valence-corrected chi connectivity index (χ2v) is 10.6. The number of hydrogen-bond donors (Lipinski definition) is 1. The lowest BCUT2D eigenvalue weighted by Crippen LogP contribution is -2.33. The molecule has 0 radical (unpaired) electrons. The van der Waals surface area contributed by atoms with Crippen LogP contribution >= 0.6 is 0 Å². The van der Waals surface area contributed by atoms with Crippen LogP contribution in [0.1, 0.15) is 35.1 Å². The minimum absolute atomic E-state index is 0.0899. The Kier molecular flexibility index (Phi) is 9.88. The Bertz CT molecular complexity index is 1010. The molecule has 7 nitrogen and oxygen atoms in total. The molecule has 2 aromatic carbocycles. The number of rotatable bonds is 12. The summed E-state index contributed by atoms with van der Waals surface area (Å²) >= 11 is 0. The molecule has 0 aliphatic heterocycles. The zero-order valence-corrected chi connectivity index (χ0v) is 21.5. The maximum Gasteiger partial charge on any atom is 0.243 e. The first-order valence-corrected chi connectivity index (χ1v) is 12.6. The van der Waals surface area contributed by atoms with Gasteiger partial charge in [0.05, 0.1) is 12.0 Å². The third-order valence-corrected chi connectivity index (χ3v) is 7.74. The number of carbonyl (C=O) groups is 1. The van der Waals surface area contributed by atoms with Gasteiger partial charge in [-0.15, -0.1) is 0 Å². The van der Waals surface area contributed by atoms with Crippen LogP contribution in [-0.2, 0) is 27.8 Å². The van der Waals surface area contributed by atoms with E-state index in [0.717, 1.165) is 24.9 Å². The summed E-state index contributed by atoms with van der Waals surface area (Å²) in [5.74, 6) is 0.433. The van der Waals surface area contributed by atoms with Crippen molar-refractivity contribution in [3.63, 3.8) is 0 Å². The van der Waals surface area contributed by atoms with Crippen molar-refractivity contribution in [3.8, 4) is 5.75 Å². The van der Waals surface area contributed by atoms with E-state index >= 15 is 0 Å². The molecular formula is C25H37N3O4S. The van der Waals surface area contributed by atoms with E-state index < -0.39 is 10.0 Å². The van der Waals surface area contributed by atoms with Gasteiger partial charge in [-0.3, -0.25) is 4.79 Å². The van der Waals surface area contributed by atoms with Crippen LogP contribution in [0.25, 0.3) is 0 Å². The van der Waals surface area contributed by atoms with Gasteiger partial charge in [0, 0.05) is 26.6 Å². The number of ether oxygens (including phenoxy) is 1. The van der Waals surface area contributed by atoms with E-state index in [1.165, 1.54) is 16.9 Å². The molecule has 2 aromatic rings. The van der Waals surface area contributed by atoms with Gasteiger partial charge in [0.15, 0.2) is 0 Å². The Hall–Kier alpha value is -2.42. The topological polar surface area (TPSA) is 79.0 Å². The molecule has 0 saturated heterocycles. The first kappa shape index (κ1) is 26.8. The van der Waals surface area contributed by atoms with E-state index in [1.54, 1.807) is 33.1 Å². The van der Waals surface area contributed by atoms with Crippen LogP contribution in [0.15, 0.2) is 41.3 Å². The zero-order chi connectivity index (χ0) is 24.6. The normalized spacial score (nSPS) is 11.8. The fourth-order valence-corrected chi connectivity index (χ4v) is 5.26. The molecule has 0 aliphatic rings. The molecule has 0 fully saturated rings. The Morgan fingerprint density at radius 3 is 2.09 bits per heavy atom. The molecule has 0 aliphatic carbocycles. The van der Waals surface area contributed by atoms with Gasteiger partial charge in [0.25, 0.3) is 0 Å². The Labute approximate surface area is 198 Å². The molecule has 0 spiro atoms. The molecule has 33 heavy (non-hydrogen) atoms. The molecule has 1 N–H and O–H groups in total. The smallest absolute Gasteiger partial charge is 0.243 e. The lowest BCUT2D eigenvalue weighted by molar-refractivity contribution is -0.121. The zero-order valence-electron chi connectivity index (χ0n) is 20.6. The number of carbonyl (C=O) groups excluding carboxylic acids is 1. The van der Waals surface area contributed by atoms with Crippen LogP contribution in [0.5, 0.6) is 5.75 Å². The number of benzene rings is 2. The molecule has 1 amide bonds. The van der Waals surface area contributed by atoms with Gasteiger partial charge in [-0.1, -0.05) is 24.3 Å². The molecule has 2 rings (SSSR count).